The van der Waals surface area contributed by atoms with Crippen molar-refractivity contribution in [3.63, 3.8) is 0 Å². The zero-order chi connectivity index (χ0) is 19.7. The molecule has 1 aliphatic rings. The number of hydrogen-bond acceptors (Lipinski definition) is 4. The van der Waals surface area contributed by atoms with E-state index < -0.39 is 5.82 Å². The Bertz CT molecular complexity index is 1060. The van der Waals surface area contributed by atoms with Crippen LogP contribution in [0.2, 0.25) is 0 Å². The smallest absolute Gasteiger partial charge is 0.253 e. The summed E-state index contributed by atoms with van der Waals surface area (Å²) in [5.41, 5.74) is 1.30. The Kier molecular flexibility index (Phi) is 4.70. The normalized spacial score (nSPS) is 14.8. The first-order valence-electron chi connectivity index (χ1n) is 9.15. The maximum absolute atomic E-state index is 13.9. The average Bonchev–Trinajstić information content (AvgIpc) is 3.21. The number of anilines is 1. The number of benzene rings is 1. The molecule has 0 unspecified atom stereocenters. The Morgan fingerprint density at radius 3 is 2.82 bits per heavy atom. The van der Waals surface area contributed by atoms with Gasteiger partial charge in [0.15, 0.2) is 0 Å². The number of piperidine rings is 1. The second kappa shape index (κ2) is 7.31. The highest BCUT2D eigenvalue weighted by Crippen LogP contribution is 2.26. The van der Waals surface area contributed by atoms with E-state index in [1.807, 2.05) is 19.3 Å². The van der Waals surface area contributed by atoms with Gasteiger partial charge >= 0.3 is 0 Å². The molecule has 3 aromatic rings. The molecule has 2 aromatic heterocycles. The second-order valence-corrected chi connectivity index (χ2v) is 6.91. The van der Waals surface area contributed by atoms with Crippen molar-refractivity contribution < 1.29 is 9.18 Å². The summed E-state index contributed by atoms with van der Waals surface area (Å²) >= 11 is 0. The van der Waals surface area contributed by atoms with Crippen LogP contribution in [0.25, 0.3) is 11.0 Å². The van der Waals surface area contributed by atoms with Crippen LogP contribution in [0, 0.1) is 18.2 Å². The molecule has 1 saturated heterocycles. The minimum absolute atomic E-state index is 0.165. The van der Waals surface area contributed by atoms with Crippen LogP contribution in [0.3, 0.4) is 0 Å². The number of hydrogen-bond donors (Lipinski definition) is 1. The molecule has 7 heteroatoms. The molecule has 3 heterocycles. The monoisotopic (exact) mass is 377 g/mol. The van der Waals surface area contributed by atoms with Gasteiger partial charge in [0.2, 0.25) is 0 Å². The van der Waals surface area contributed by atoms with E-state index >= 15 is 0 Å². The standard InChI is InChI=1S/C21H20FN5O/c1-3-14-4-5-15(12-18(14)22)21(28)27-10-7-16(8-11-27)26(2)20-17-6-9-23-19(17)24-13-25-20/h1,4-6,9,12-13,16H,7-8,10-11H2,2H3,(H,23,24,25). The van der Waals surface area contributed by atoms with Crippen LogP contribution in [-0.4, -0.2) is 51.9 Å². The Morgan fingerprint density at radius 2 is 2.11 bits per heavy atom. The fraction of sp³-hybridized carbons (Fsp3) is 0.286. The molecule has 0 aliphatic carbocycles. The Morgan fingerprint density at radius 1 is 1.32 bits per heavy atom. The van der Waals surface area contributed by atoms with E-state index in [9.17, 15) is 9.18 Å². The van der Waals surface area contributed by atoms with Crippen LogP contribution in [0.15, 0.2) is 36.8 Å². The largest absolute Gasteiger partial charge is 0.356 e. The van der Waals surface area contributed by atoms with Crippen molar-refractivity contribution in [1.29, 1.82) is 0 Å². The number of nitrogens with zero attached hydrogens (tertiary/aromatic N) is 4. The molecule has 4 rings (SSSR count). The molecule has 142 valence electrons. The minimum Gasteiger partial charge on any atom is -0.356 e. The third-order valence-electron chi connectivity index (χ3n) is 5.34. The van der Waals surface area contributed by atoms with Gasteiger partial charge in [-0.2, -0.15) is 0 Å². The first kappa shape index (κ1) is 18.0. The summed E-state index contributed by atoms with van der Waals surface area (Å²) in [7, 11) is 2.02. The van der Waals surface area contributed by atoms with Gasteiger partial charge in [-0.05, 0) is 37.1 Å². The summed E-state index contributed by atoms with van der Waals surface area (Å²) in [6, 6.07) is 6.51. The van der Waals surface area contributed by atoms with Crippen molar-refractivity contribution in [2.75, 3.05) is 25.0 Å². The Balaban J connectivity index is 1.44. The van der Waals surface area contributed by atoms with E-state index in [2.05, 4.69) is 25.8 Å². The zero-order valence-electron chi connectivity index (χ0n) is 15.5. The summed E-state index contributed by atoms with van der Waals surface area (Å²) in [5, 5.41) is 0.979. The first-order valence-corrected chi connectivity index (χ1v) is 9.15. The van der Waals surface area contributed by atoms with E-state index in [-0.39, 0.29) is 17.5 Å². The van der Waals surface area contributed by atoms with E-state index in [0.717, 1.165) is 29.7 Å². The topological polar surface area (TPSA) is 65.1 Å². The predicted molar refractivity (Wildman–Crippen MR) is 106 cm³/mol. The van der Waals surface area contributed by atoms with Gasteiger partial charge in [0.1, 0.15) is 23.6 Å². The summed E-state index contributed by atoms with van der Waals surface area (Å²) in [6.07, 6.45) is 10.3. The molecule has 0 bridgehead atoms. The van der Waals surface area contributed by atoms with Gasteiger partial charge in [0, 0.05) is 37.9 Å². The lowest BCUT2D eigenvalue weighted by Crippen LogP contribution is -2.46. The number of halogens is 1. The predicted octanol–water partition coefficient (Wildman–Crippen LogP) is 2.82. The van der Waals surface area contributed by atoms with E-state index in [1.54, 1.807) is 17.3 Å². The van der Waals surface area contributed by atoms with Crippen molar-refractivity contribution in [2.24, 2.45) is 0 Å². The highest BCUT2D eigenvalue weighted by molar-refractivity contribution is 5.94. The number of nitrogens with one attached hydrogen (secondary N) is 1. The molecule has 0 atom stereocenters. The van der Waals surface area contributed by atoms with Gasteiger partial charge < -0.3 is 14.8 Å². The molecule has 1 aromatic carbocycles. The third-order valence-corrected chi connectivity index (χ3v) is 5.34. The lowest BCUT2D eigenvalue weighted by atomic mass is 10.0. The fourth-order valence-electron chi connectivity index (χ4n) is 3.72. The summed E-state index contributed by atoms with van der Waals surface area (Å²) < 4.78 is 13.9. The number of likely N-dealkylation sites (tertiary alicyclic amines) is 1. The number of carbonyl (C=O) groups is 1. The van der Waals surface area contributed by atoms with Crippen LogP contribution in [0.5, 0.6) is 0 Å². The van der Waals surface area contributed by atoms with Gasteiger partial charge in [-0.3, -0.25) is 4.79 Å². The summed E-state index contributed by atoms with van der Waals surface area (Å²) in [6.45, 7) is 1.21. The maximum atomic E-state index is 13.9. The number of rotatable bonds is 3. The van der Waals surface area contributed by atoms with Gasteiger partial charge in [-0.25, -0.2) is 14.4 Å². The number of terminal acetylenes is 1. The van der Waals surface area contributed by atoms with Crippen LogP contribution in [0.4, 0.5) is 10.2 Å². The van der Waals surface area contributed by atoms with Gasteiger partial charge in [0.25, 0.3) is 5.91 Å². The zero-order valence-corrected chi connectivity index (χ0v) is 15.5. The fourth-order valence-corrected chi connectivity index (χ4v) is 3.72. The summed E-state index contributed by atoms with van der Waals surface area (Å²) in [4.78, 5) is 28.4. The second-order valence-electron chi connectivity index (χ2n) is 6.91. The van der Waals surface area contributed by atoms with Gasteiger partial charge in [0.05, 0.1) is 10.9 Å². The molecule has 1 N–H and O–H groups in total. The molecule has 1 fully saturated rings. The summed E-state index contributed by atoms with van der Waals surface area (Å²) in [5.74, 6) is 2.44. The molecule has 6 nitrogen and oxygen atoms in total. The van der Waals surface area contributed by atoms with Crippen molar-refractivity contribution >= 4 is 22.8 Å². The molecule has 1 amide bonds. The number of aromatic nitrogens is 3. The lowest BCUT2D eigenvalue weighted by molar-refractivity contribution is 0.0712. The van der Waals surface area contributed by atoms with Crippen molar-refractivity contribution in [3.8, 4) is 12.3 Å². The number of fused-ring (bicyclic) bond motifs is 1. The average molecular weight is 377 g/mol. The molecular weight excluding hydrogens is 357 g/mol. The molecule has 0 spiro atoms. The van der Waals surface area contributed by atoms with Crippen LogP contribution in [-0.2, 0) is 0 Å². The highest BCUT2D eigenvalue weighted by atomic mass is 19.1. The van der Waals surface area contributed by atoms with Gasteiger partial charge in [-0.1, -0.05) is 5.92 Å². The first-order chi connectivity index (χ1) is 13.6. The van der Waals surface area contributed by atoms with Crippen LogP contribution >= 0.6 is 0 Å². The molecule has 0 radical (unpaired) electrons. The van der Waals surface area contributed by atoms with Crippen molar-refractivity contribution in [2.45, 2.75) is 18.9 Å². The third kappa shape index (κ3) is 3.18. The van der Waals surface area contributed by atoms with Crippen LogP contribution < -0.4 is 4.90 Å². The maximum Gasteiger partial charge on any atom is 0.253 e. The number of amides is 1. The molecule has 0 saturated carbocycles. The van der Waals surface area contributed by atoms with Crippen molar-refractivity contribution in [1.82, 2.24) is 19.9 Å². The minimum atomic E-state index is -0.540. The Labute approximate surface area is 162 Å². The van der Waals surface area contributed by atoms with Gasteiger partial charge in [-0.15, -0.1) is 6.42 Å². The quantitative estimate of drug-likeness (QED) is 0.713. The highest BCUT2D eigenvalue weighted by Gasteiger charge is 2.27. The lowest BCUT2D eigenvalue weighted by Gasteiger charge is -2.37. The van der Waals surface area contributed by atoms with E-state index in [0.29, 0.717) is 18.7 Å². The van der Waals surface area contributed by atoms with E-state index in [4.69, 9.17) is 6.42 Å². The Hall–Kier alpha value is -3.40. The SMILES string of the molecule is C#Cc1ccc(C(=O)N2CCC(N(C)c3ncnc4[nH]ccc34)CC2)cc1F. The molecule has 28 heavy (non-hydrogen) atoms. The molecular formula is C21H20FN5O. The van der Waals surface area contributed by atoms with E-state index in [1.165, 1.54) is 12.1 Å². The molecule has 1 aliphatic heterocycles. The van der Waals surface area contributed by atoms with Crippen LogP contribution in [0.1, 0.15) is 28.8 Å². The van der Waals surface area contributed by atoms with Crippen molar-refractivity contribution in [3.05, 3.63) is 53.7 Å². The number of carbonyl (C=O) groups excluding carboxylic acids is 1. The number of aromatic amines is 1. The number of H-pyrrole nitrogens is 1.